The van der Waals surface area contributed by atoms with Gasteiger partial charge in [-0.25, -0.2) is 4.79 Å². The quantitative estimate of drug-likeness (QED) is 0.797. The van der Waals surface area contributed by atoms with Crippen molar-refractivity contribution in [3.05, 3.63) is 28.7 Å². The standard InChI is InChI=1S/C16H23BrN2O2/c1-3-12-11-18-10-9-16(12,15(20)21-4-2)19-14-7-5-13(17)6-8-14/h5-8,12,18-19H,3-4,9-11H2,1-2H3. The summed E-state index contributed by atoms with van der Waals surface area (Å²) in [7, 11) is 0. The lowest BCUT2D eigenvalue weighted by Crippen LogP contribution is -2.60. The van der Waals surface area contributed by atoms with E-state index in [2.05, 4.69) is 33.5 Å². The zero-order chi connectivity index (χ0) is 15.3. The Morgan fingerprint density at radius 3 is 2.76 bits per heavy atom. The predicted molar refractivity (Wildman–Crippen MR) is 88.4 cm³/mol. The largest absolute Gasteiger partial charge is 0.464 e. The van der Waals surface area contributed by atoms with Gasteiger partial charge in [-0.2, -0.15) is 0 Å². The number of carbonyl (C=O) groups excluding carboxylic acids is 1. The highest BCUT2D eigenvalue weighted by Gasteiger charge is 2.47. The molecule has 1 aromatic carbocycles. The van der Waals surface area contributed by atoms with Crippen LogP contribution in [0.1, 0.15) is 26.7 Å². The number of hydrogen-bond donors (Lipinski definition) is 2. The number of carbonyl (C=O) groups is 1. The fourth-order valence-corrected chi connectivity index (χ4v) is 3.23. The van der Waals surface area contributed by atoms with Gasteiger partial charge in [-0.05, 0) is 50.6 Å². The number of halogens is 1. The Morgan fingerprint density at radius 1 is 1.43 bits per heavy atom. The van der Waals surface area contributed by atoms with E-state index in [0.717, 1.165) is 36.1 Å². The molecule has 2 atom stereocenters. The van der Waals surface area contributed by atoms with Crippen molar-refractivity contribution in [1.29, 1.82) is 0 Å². The third-order valence-electron chi connectivity index (χ3n) is 4.13. The second-order valence-corrected chi connectivity index (χ2v) is 6.30. The van der Waals surface area contributed by atoms with Crippen molar-refractivity contribution in [3.63, 3.8) is 0 Å². The molecule has 1 aliphatic heterocycles. The number of ether oxygens (including phenoxy) is 1. The van der Waals surface area contributed by atoms with Gasteiger partial charge in [-0.1, -0.05) is 22.9 Å². The van der Waals surface area contributed by atoms with Crippen LogP contribution in [-0.2, 0) is 9.53 Å². The lowest BCUT2D eigenvalue weighted by molar-refractivity contribution is -0.151. The van der Waals surface area contributed by atoms with E-state index < -0.39 is 5.54 Å². The molecule has 1 saturated heterocycles. The van der Waals surface area contributed by atoms with Crippen molar-refractivity contribution in [2.24, 2.45) is 5.92 Å². The van der Waals surface area contributed by atoms with Crippen molar-refractivity contribution < 1.29 is 9.53 Å². The molecule has 1 fully saturated rings. The van der Waals surface area contributed by atoms with Crippen LogP contribution >= 0.6 is 15.9 Å². The molecule has 0 bridgehead atoms. The molecule has 2 unspecified atom stereocenters. The van der Waals surface area contributed by atoms with Crippen molar-refractivity contribution in [2.45, 2.75) is 32.2 Å². The topological polar surface area (TPSA) is 50.4 Å². The van der Waals surface area contributed by atoms with E-state index >= 15 is 0 Å². The zero-order valence-corrected chi connectivity index (χ0v) is 14.2. The SMILES string of the molecule is CCOC(=O)C1(Nc2ccc(Br)cc2)CCNCC1CC. The van der Waals surface area contributed by atoms with E-state index in [-0.39, 0.29) is 11.9 Å². The number of nitrogens with one attached hydrogen (secondary N) is 2. The highest BCUT2D eigenvalue weighted by Crippen LogP contribution is 2.33. The van der Waals surface area contributed by atoms with Gasteiger partial charge in [-0.15, -0.1) is 0 Å². The minimum Gasteiger partial charge on any atom is -0.464 e. The van der Waals surface area contributed by atoms with E-state index in [1.165, 1.54) is 0 Å². The third kappa shape index (κ3) is 3.58. The van der Waals surface area contributed by atoms with E-state index in [9.17, 15) is 4.79 Å². The molecule has 5 heteroatoms. The molecule has 0 spiro atoms. The van der Waals surface area contributed by atoms with Crippen LogP contribution < -0.4 is 10.6 Å². The molecule has 0 amide bonds. The van der Waals surface area contributed by atoms with Gasteiger partial charge < -0.3 is 15.4 Å². The van der Waals surface area contributed by atoms with E-state index in [4.69, 9.17) is 4.74 Å². The van der Waals surface area contributed by atoms with Crippen LogP contribution in [0, 0.1) is 5.92 Å². The molecule has 2 rings (SSSR count). The average molecular weight is 355 g/mol. The van der Waals surface area contributed by atoms with Gasteiger partial charge in [0.2, 0.25) is 0 Å². The first-order valence-corrected chi connectivity index (χ1v) is 8.33. The van der Waals surface area contributed by atoms with Gasteiger partial charge in [0.1, 0.15) is 5.54 Å². The van der Waals surface area contributed by atoms with Crippen molar-refractivity contribution >= 4 is 27.6 Å². The molecule has 0 aromatic heterocycles. The highest BCUT2D eigenvalue weighted by atomic mass is 79.9. The Labute approximate surface area is 134 Å². The summed E-state index contributed by atoms with van der Waals surface area (Å²) in [4.78, 5) is 12.6. The van der Waals surface area contributed by atoms with Crippen molar-refractivity contribution in [3.8, 4) is 0 Å². The molecule has 1 aliphatic rings. The first-order chi connectivity index (χ1) is 10.1. The Balaban J connectivity index is 2.30. The number of rotatable bonds is 5. The zero-order valence-electron chi connectivity index (χ0n) is 12.6. The van der Waals surface area contributed by atoms with Crippen LogP contribution in [0.4, 0.5) is 5.69 Å². The van der Waals surface area contributed by atoms with E-state index in [0.29, 0.717) is 6.61 Å². The van der Waals surface area contributed by atoms with Crippen molar-refractivity contribution in [2.75, 3.05) is 25.0 Å². The number of hydrogen-bond acceptors (Lipinski definition) is 4. The van der Waals surface area contributed by atoms with Gasteiger partial charge in [0, 0.05) is 22.6 Å². The lowest BCUT2D eigenvalue weighted by Gasteiger charge is -2.43. The summed E-state index contributed by atoms with van der Waals surface area (Å²) in [6.45, 7) is 6.03. The molecular weight excluding hydrogens is 332 g/mol. The van der Waals surface area contributed by atoms with Gasteiger partial charge in [0.25, 0.3) is 0 Å². The van der Waals surface area contributed by atoms with Crippen molar-refractivity contribution in [1.82, 2.24) is 5.32 Å². The van der Waals surface area contributed by atoms with Gasteiger partial charge >= 0.3 is 5.97 Å². The summed E-state index contributed by atoms with van der Waals surface area (Å²) in [5.41, 5.74) is 0.315. The van der Waals surface area contributed by atoms with Crippen LogP contribution in [0.2, 0.25) is 0 Å². The first-order valence-electron chi connectivity index (χ1n) is 7.54. The molecule has 116 valence electrons. The van der Waals surface area contributed by atoms with Crippen LogP contribution in [0.5, 0.6) is 0 Å². The maximum atomic E-state index is 12.6. The molecule has 0 saturated carbocycles. The summed E-state index contributed by atoms with van der Waals surface area (Å²) in [5, 5.41) is 6.85. The van der Waals surface area contributed by atoms with Gasteiger partial charge in [-0.3, -0.25) is 0 Å². The summed E-state index contributed by atoms with van der Waals surface area (Å²) >= 11 is 3.43. The molecule has 4 nitrogen and oxygen atoms in total. The monoisotopic (exact) mass is 354 g/mol. The molecule has 0 aliphatic carbocycles. The van der Waals surface area contributed by atoms with Gasteiger partial charge in [0.15, 0.2) is 0 Å². The maximum absolute atomic E-state index is 12.6. The van der Waals surface area contributed by atoms with Crippen LogP contribution in [-0.4, -0.2) is 31.2 Å². The fourth-order valence-electron chi connectivity index (χ4n) is 2.97. The van der Waals surface area contributed by atoms with E-state index in [1.807, 2.05) is 31.2 Å². The van der Waals surface area contributed by atoms with E-state index in [1.54, 1.807) is 0 Å². The normalized spacial score (nSPS) is 25.4. The third-order valence-corrected chi connectivity index (χ3v) is 4.66. The molecule has 1 aromatic rings. The molecule has 2 N–H and O–H groups in total. The number of piperidine rings is 1. The Morgan fingerprint density at radius 2 is 2.14 bits per heavy atom. The van der Waals surface area contributed by atoms with Crippen LogP contribution in [0.3, 0.4) is 0 Å². The van der Waals surface area contributed by atoms with Gasteiger partial charge in [0.05, 0.1) is 6.61 Å². The molecular formula is C16H23BrN2O2. The van der Waals surface area contributed by atoms with Crippen LogP contribution in [0.25, 0.3) is 0 Å². The highest BCUT2D eigenvalue weighted by molar-refractivity contribution is 9.10. The summed E-state index contributed by atoms with van der Waals surface area (Å²) < 4.78 is 6.40. The lowest BCUT2D eigenvalue weighted by atomic mass is 9.76. The summed E-state index contributed by atoms with van der Waals surface area (Å²) in [6.07, 6.45) is 1.66. The maximum Gasteiger partial charge on any atom is 0.332 e. The van der Waals surface area contributed by atoms with Crippen LogP contribution in [0.15, 0.2) is 28.7 Å². The second-order valence-electron chi connectivity index (χ2n) is 5.38. The summed E-state index contributed by atoms with van der Waals surface area (Å²) in [6, 6.07) is 7.92. The second kappa shape index (κ2) is 7.27. The Kier molecular flexibility index (Phi) is 5.65. The molecule has 0 radical (unpaired) electrons. The minimum absolute atomic E-state index is 0.138. The summed E-state index contributed by atoms with van der Waals surface area (Å²) in [5.74, 6) is 0.0789. The first kappa shape index (κ1) is 16.3. The number of anilines is 1. The minimum atomic E-state index is -0.635. The Bertz CT molecular complexity index is 478. The number of esters is 1. The molecule has 1 heterocycles. The Hall–Kier alpha value is -1.07. The molecule has 21 heavy (non-hydrogen) atoms. The fraction of sp³-hybridized carbons (Fsp3) is 0.562. The smallest absolute Gasteiger partial charge is 0.332 e. The average Bonchev–Trinajstić information content (AvgIpc) is 2.50. The number of benzene rings is 1. The predicted octanol–water partition coefficient (Wildman–Crippen LogP) is 3.18.